The standard InChI is InChI=1S/C8H12BrF3O3/c1-14-7(13)6(9)5-15-4-2-3-8(10,11)12/h6H,2-5H2,1H3. The molecule has 0 heterocycles. The van der Waals surface area contributed by atoms with Gasteiger partial charge in [-0.1, -0.05) is 15.9 Å². The lowest BCUT2D eigenvalue weighted by molar-refractivity contribution is -0.142. The summed E-state index contributed by atoms with van der Waals surface area (Å²) in [6, 6.07) is 0. The Morgan fingerprint density at radius 1 is 1.47 bits per heavy atom. The van der Waals surface area contributed by atoms with Crippen LogP contribution in [0.25, 0.3) is 0 Å². The molecule has 1 unspecified atom stereocenters. The minimum absolute atomic E-state index is 0.00449. The number of hydrogen-bond acceptors (Lipinski definition) is 3. The zero-order chi connectivity index (χ0) is 11.9. The van der Waals surface area contributed by atoms with Gasteiger partial charge < -0.3 is 9.47 Å². The maximum atomic E-state index is 11.7. The maximum Gasteiger partial charge on any atom is 0.389 e. The first-order valence-corrected chi connectivity index (χ1v) is 5.15. The molecule has 7 heteroatoms. The zero-order valence-electron chi connectivity index (χ0n) is 8.14. The van der Waals surface area contributed by atoms with Gasteiger partial charge in [0.2, 0.25) is 0 Å². The summed E-state index contributed by atoms with van der Waals surface area (Å²) < 4.78 is 44.3. The van der Waals surface area contributed by atoms with E-state index in [1.165, 1.54) is 7.11 Å². The summed E-state index contributed by atoms with van der Waals surface area (Å²) in [6.45, 7) is -0.0247. The molecule has 0 rings (SSSR count). The fourth-order valence-corrected chi connectivity index (χ4v) is 1.13. The topological polar surface area (TPSA) is 35.5 Å². The average Bonchev–Trinajstić information content (AvgIpc) is 2.14. The highest BCUT2D eigenvalue weighted by atomic mass is 79.9. The van der Waals surface area contributed by atoms with E-state index in [0.29, 0.717) is 0 Å². The number of halogens is 4. The van der Waals surface area contributed by atoms with Gasteiger partial charge in [-0.3, -0.25) is 4.79 Å². The van der Waals surface area contributed by atoms with Crippen LogP contribution < -0.4 is 0 Å². The van der Waals surface area contributed by atoms with Crippen LogP contribution in [0.5, 0.6) is 0 Å². The Morgan fingerprint density at radius 3 is 2.53 bits per heavy atom. The van der Waals surface area contributed by atoms with Crippen LogP contribution >= 0.6 is 15.9 Å². The molecule has 0 amide bonds. The largest absolute Gasteiger partial charge is 0.468 e. The van der Waals surface area contributed by atoms with Crippen LogP contribution in [-0.4, -0.2) is 37.3 Å². The van der Waals surface area contributed by atoms with E-state index in [2.05, 4.69) is 20.7 Å². The highest BCUT2D eigenvalue weighted by Gasteiger charge is 2.26. The number of hydrogen-bond donors (Lipinski definition) is 0. The van der Waals surface area contributed by atoms with Gasteiger partial charge in [0.1, 0.15) is 4.83 Å². The van der Waals surface area contributed by atoms with Crippen LogP contribution in [0.3, 0.4) is 0 Å². The summed E-state index contributed by atoms with van der Waals surface area (Å²) in [6.07, 6.45) is -5.14. The van der Waals surface area contributed by atoms with Crippen molar-refractivity contribution in [3.8, 4) is 0 Å². The lowest BCUT2D eigenvalue weighted by Gasteiger charge is -2.09. The minimum atomic E-state index is -4.15. The van der Waals surface area contributed by atoms with Crippen LogP contribution in [0.15, 0.2) is 0 Å². The van der Waals surface area contributed by atoms with Gasteiger partial charge in [-0.25, -0.2) is 0 Å². The number of carbonyl (C=O) groups excluding carboxylic acids is 1. The summed E-state index contributed by atoms with van der Waals surface area (Å²) >= 11 is 2.97. The Bertz CT molecular complexity index is 196. The second kappa shape index (κ2) is 7.05. The van der Waals surface area contributed by atoms with E-state index in [1.54, 1.807) is 0 Å². The number of methoxy groups -OCH3 is 1. The molecule has 0 N–H and O–H groups in total. The molecule has 0 aromatic carbocycles. The van der Waals surface area contributed by atoms with Gasteiger partial charge in [-0.05, 0) is 6.42 Å². The molecule has 0 spiro atoms. The van der Waals surface area contributed by atoms with Gasteiger partial charge >= 0.3 is 12.1 Å². The van der Waals surface area contributed by atoms with E-state index in [-0.39, 0.29) is 19.6 Å². The fourth-order valence-electron chi connectivity index (χ4n) is 0.757. The molecule has 0 saturated heterocycles. The van der Waals surface area contributed by atoms with E-state index >= 15 is 0 Å². The molecule has 0 fully saturated rings. The molecule has 0 saturated carbocycles. The third-order valence-corrected chi connectivity index (χ3v) is 2.11. The van der Waals surface area contributed by atoms with Crippen molar-refractivity contribution in [1.29, 1.82) is 0 Å². The lowest BCUT2D eigenvalue weighted by Crippen LogP contribution is -2.21. The molecule has 0 bridgehead atoms. The number of esters is 1. The van der Waals surface area contributed by atoms with Gasteiger partial charge in [0, 0.05) is 13.0 Å². The summed E-state index contributed by atoms with van der Waals surface area (Å²) in [5, 5.41) is 0. The average molecular weight is 293 g/mol. The minimum Gasteiger partial charge on any atom is -0.468 e. The van der Waals surface area contributed by atoms with Crippen LogP contribution in [0.4, 0.5) is 13.2 Å². The molecule has 0 aliphatic heterocycles. The van der Waals surface area contributed by atoms with Crippen molar-refractivity contribution >= 4 is 21.9 Å². The van der Waals surface area contributed by atoms with Crippen LogP contribution in [0.1, 0.15) is 12.8 Å². The number of alkyl halides is 4. The van der Waals surface area contributed by atoms with Crippen LogP contribution in [0, 0.1) is 0 Å². The summed E-state index contributed by atoms with van der Waals surface area (Å²) in [5.74, 6) is -0.508. The molecule has 0 aromatic rings. The fraction of sp³-hybridized carbons (Fsp3) is 0.875. The van der Waals surface area contributed by atoms with Crippen LogP contribution in [0.2, 0.25) is 0 Å². The molecule has 0 aromatic heterocycles. The van der Waals surface area contributed by atoms with E-state index in [0.717, 1.165) is 0 Å². The van der Waals surface area contributed by atoms with E-state index in [4.69, 9.17) is 4.74 Å². The molecular formula is C8H12BrF3O3. The molecule has 3 nitrogen and oxygen atoms in total. The van der Waals surface area contributed by atoms with Gasteiger partial charge in [0.15, 0.2) is 0 Å². The normalized spacial score (nSPS) is 13.7. The van der Waals surface area contributed by atoms with Gasteiger partial charge in [0.25, 0.3) is 0 Å². The molecule has 1 atom stereocenters. The zero-order valence-corrected chi connectivity index (χ0v) is 9.73. The SMILES string of the molecule is COC(=O)C(Br)COCCCC(F)(F)F. The van der Waals surface area contributed by atoms with E-state index in [1.807, 2.05) is 0 Å². The molecule has 90 valence electrons. The van der Waals surface area contributed by atoms with Gasteiger partial charge in [-0.2, -0.15) is 13.2 Å². The predicted molar refractivity (Wildman–Crippen MR) is 50.8 cm³/mol. The Hall–Kier alpha value is -0.300. The van der Waals surface area contributed by atoms with E-state index < -0.39 is 23.4 Å². The third kappa shape index (κ3) is 8.68. The monoisotopic (exact) mass is 292 g/mol. The summed E-state index contributed by atoms with van der Waals surface area (Å²) in [4.78, 5) is 10.2. The second-order valence-electron chi connectivity index (χ2n) is 2.78. The Balaban J connectivity index is 3.43. The maximum absolute atomic E-state index is 11.7. The van der Waals surface area contributed by atoms with Crippen molar-refractivity contribution in [3.63, 3.8) is 0 Å². The lowest BCUT2D eigenvalue weighted by atomic mass is 10.3. The van der Waals surface area contributed by atoms with Crippen molar-refractivity contribution in [1.82, 2.24) is 0 Å². The van der Waals surface area contributed by atoms with Crippen molar-refractivity contribution in [2.45, 2.75) is 23.8 Å². The smallest absolute Gasteiger partial charge is 0.389 e. The molecule has 0 radical (unpaired) electrons. The number of ether oxygens (including phenoxy) is 2. The number of rotatable bonds is 6. The Kier molecular flexibility index (Phi) is 6.91. The first kappa shape index (κ1) is 14.7. The molecule has 0 aliphatic carbocycles. The van der Waals surface area contributed by atoms with E-state index in [9.17, 15) is 18.0 Å². The van der Waals surface area contributed by atoms with Gasteiger partial charge in [0.05, 0.1) is 13.7 Å². The quantitative estimate of drug-likeness (QED) is 0.428. The summed E-state index contributed by atoms with van der Waals surface area (Å²) in [7, 11) is 1.22. The summed E-state index contributed by atoms with van der Waals surface area (Å²) in [5.41, 5.74) is 0. The third-order valence-electron chi connectivity index (χ3n) is 1.47. The predicted octanol–water partition coefficient (Wildman–Crippen LogP) is 2.28. The highest BCUT2D eigenvalue weighted by Crippen LogP contribution is 2.21. The molecular weight excluding hydrogens is 281 g/mol. The Labute approximate surface area is 94.0 Å². The van der Waals surface area contributed by atoms with Crippen molar-refractivity contribution in [3.05, 3.63) is 0 Å². The van der Waals surface area contributed by atoms with Gasteiger partial charge in [-0.15, -0.1) is 0 Å². The molecule has 15 heavy (non-hydrogen) atoms. The molecule has 0 aliphatic rings. The number of carbonyl (C=O) groups is 1. The van der Waals surface area contributed by atoms with Crippen LogP contribution in [-0.2, 0) is 14.3 Å². The first-order chi connectivity index (χ1) is 6.87. The van der Waals surface area contributed by atoms with Crippen molar-refractivity contribution in [2.75, 3.05) is 20.3 Å². The Morgan fingerprint density at radius 2 is 2.07 bits per heavy atom. The van der Waals surface area contributed by atoms with Crippen molar-refractivity contribution < 1.29 is 27.4 Å². The first-order valence-electron chi connectivity index (χ1n) is 4.23. The second-order valence-corrected chi connectivity index (χ2v) is 3.89. The highest BCUT2D eigenvalue weighted by molar-refractivity contribution is 9.10. The van der Waals surface area contributed by atoms with Crippen molar-refractivity contribution in [2.24, 2.45) is 0 Å².